The van der Waals surface area contributed by atoms with Gasteiger partial charge in [-0.1, -0.05) is 308 Å². The summed E-state index contributed by atoms with van der Waals surface area (Å²) in [5, 5.41) is 0. The number of hydrogen-bond acceptors (Lipinski definition) is 8. The monoisotopic (exact) mass is 1110 g/mol. The Labute approximate surface area is 479 Å². The van der Waals surface area contributed by atoms with Gasteiger partial charge in [-0.3, -0.25) is 14.2 Å². The summed E-state index contributed by atoms with van der Waals surface area (Å²) in [6, 6.07) is 0. The number of phosphoric acid groups is 1. The second-order valence-electron chi connectivity index (χ2n) is 24.2. The molecule has 0 bridgehead atoms. The van der Waals surface area contributed by atoms with Crippen LogP contribution in [0.3, 0.4) is 0 Å². The minimum atomic E-state index is -4.63. The first-order chi connectivity index (χ1) is 37.5. The zero-order chi connectivity index (χ0) is 56.3. The number of likely N-dealkylation sites (N-methyl/N-ethyl adjacent to an activating group) is 1. The molecule has 0 aromatic carbocycles. The van der Waals surface area contributed by atoms with Gasteiger partial charge in [0, 0.05) is 12.8 Å². The highest BCUT2D eigenvalue weighted by Crippen LogP contribution is 2.38. The van der Waals surface area contributed by atoms with Gasteiger partial charge in [0.25, 0.3) is 7.82 Å². The molecule has 0 saturated heterocycles. The number of carbonyl (C=O) groups excluding carboxylic acids is 2. The minimum absolute atomic E-state index is 0.0266. The van der Waals surface area contributed by atoms with E-state index < -0.39 is 26.5 Å². The van der Waals surface area contributed by atoms with Crippen molar-refractivity contribution in [3.63, 3.8) is 0 Å². The summed E-state index contributed by atoms with van der Waals surface area (Å²) in [4.78, 5) is 38.0. The number of carbonyl (C=O) groups is 2. The number of ether oxygens (including phenoxy) is 2. The summed E-state index contributed by atoms with van der Waals surface area (Å²) in [5.74, 6) is -0.810. The molecule has 10 heteroatoms. The molecule has 9 nitrogen and oxygen atoms in total. The highest BCUT2D eigenvalue weighted by Gasteiger charge is 2.22. The number of allylic oxidation sites excluding steroid dienone is 4. The van der Waals surface area contributed by atoms with Crippen molar-refractivity contribution in [2.24, 2.45) is 0 Å². The molecule has 0 aromatic rings. The van der Waals surface area contributed by atoms with Crippen LogP contribution in [-0.2, 0) is 32.7 Å². The van der Waals surface area contributed by atoms with Crippen molar-refractivity contribution in [3.8, 4) is 0 Å². The highest BCUT2D eigenvalue weighted by molar-refractivity contribution is 7.45. The van der Waals surface area contributed by atoms with E-state index in [4.69, 9.17) is 18.5 Å². The molecule has 0 spiro atoms. The van der Waals surface area contributed by atoms with Crippen molar-refractivity contribution in [2.75, 3.05) is 47.5 Å². The van der Waals surface area contributed by atoms with Gasteiger partial charge in [0.15, 0.2) is 6.10 Å². The first-order valence-electron chi connectivity index (χ1n) is 33.5. The van der Waals surface area contributed by atoms with Crippen molar-refractivity contribution in [1.82, 2.24) is 0 Å². The molecule has 0 heterocycles. The fraction of sp³-hybridized carbons (Fsp3) is 0.910. The number of unbranched alkanes of at least 4 members (excludes halogenated alkanes) is 45. The van der Waals surface area contributed by atoms with Crippen molar-refractivity contribution >= 4 is 19.8 Å². The van der Waals surface area contributed by atoms with Crippen molar-refractivity contribution < 1.29 is 42.1 Å². The Balaban J connectivity index is 3.98. The van der Waals surface area contributed by atoms with Crippen LogP contribution in [-0.4, -0.2) is 70.0 Å². The molecule has 0 aliphatic heterocycles. The third kappa shape index (κ3) is 63.5. The Morgan fingerprint density at radius 2 is 0.701 bits per heavy atom. The maximum Gasteiger partial charge on any atom is 0.306 e. The third-order valence-electron chi connectivity index (χ3n) is 15.2. The minimum Gasteiger partial charge on any atom is -0.756 e. The number of nitrogens with zero attached hydrogens (tertiary/aromatic N) is 1. The molecule has 0 N–H and O–H groups in total. The van der Waals surface area contributed by atoms with Crippen LogP contribution >= 0.6 is 7.82 Å². The average molecular weight is 1110 g/mol. The van der Waals surface area contributed by atoms with Crippen LogP contribution in [0.5, 0.6) is 0 Å². The number of phosphoric ester groups is 1. The molecule has 0 rings (SSSR count). The lowest BCUT2D eigenvalue weighted by molar-refractivity contribution is -0.870. The van der Waals surface area contributed by atoms with Gasteiger partial charge in [0.05, 0.1) is 27.7 Å². The van der Waals surface area contributed by atoms with Gasteiger partial charge >= 0.3 is 11.9 Å². The molecular weight excluding hydrogens is 978 g/mol. The molecule has 2 unspecified atom stereocenters. The van der Waals surface area contributed by atoms with Gasteiger partial charge in [0.1, 0.15) is 19.8 Å². The molecule has 0 radical (unpaired) electrons. The summed E-state index contributed by atoms with van der Waals surface area (Å²) in [6.07, 6.45) is 72.5. The second-order valence-corrected chi connectivity index (χ2v) is 25.6. The molecule has 77 heavy (non-hydrogen) atoms. The summed E-state index contributed by atoms with van der Waals surface area (Å²) in [7, 11) is 1.19. The zero-order valence-electron chi connectivity index (χ0n) is 51.9. The molecule has 0 amide bonds. The van der Waals surface area contributed by atoms with Crippen LogP contribution < -0.4 is 4.89 Å². The van der Waals surface area contributed by atoms with E-state index in [-0.39, 0.29) is 32.0 Å². The van der Waals surface area contributed by atoms with Crippen LogP contribution in [0.1, 0.15) is 341 Å². The molecule has 0 aliphatic rings. The van der Waals surface area contributed by atoms with E-state index in [9.17, 15) is 19.0 Å². The number of rotatable bonds is 63. The molecule has 0 aromatic heterocycles. The van der Waals surface area contributed by atoms with E-state index in [2.05, 4.69) is 38.2 Å². The lowest BCUT2D eigenvalue weighted by atomic mass is 10.0. The van der Waals surface area contributed by atoms with Gasteiger partial charge in [0.2, 0.25) is 0 Å². The lowest BCUT2D eigenvalue weighted by Gasteiger charge is -2.28. The predicted octanol–water partition coefficient (Wildman–Crippen LogP) is 20.7. The highest BCUT2D eigenvalue weighted by atomic mass is 31.2. The van der Waals surface area contributed by atoms with Crippen LogP contribution in [0, 0.1) is 0 Å². The first kappa shape index (κ1) is 75.5. The topological polar surface area (TPSA) is 111 Å². The van der Waals surface area contributed by atoms with Crippen LogP contribution in [0.25, 0.3) is 0 Å². The van der Waals surface area contributed by atoms with Gasteiger partial charge in [-0.25, -0.2) is 0 Å². The standard InChI is InChI=1S/C67H130NO8P/c1-6-8-10-12-14-16-18-20-22-24-26-28-29-30-31-32-33-34-35-36-37-38-39-40-42-44-46-48-50-52-54-56-58-60-67(70)76-65(64-75-77(71,72)74-62-61-68(3,4)5)63-73-66(69)59-57-55-53-51-49-47-45-43-41-27-25-23-21-19-17-15-13-11-9-7-2/h18,20,24,26,65H,6-17,19,21-23,25,27-64H2,1-5H3/b20-18-,26-24-. The average Bonchev–Trinajstić information content (AvgIpc) is 3.39. The summed E-state index contributed by atoms with van der Waals surface area (Å²) in [5.41, 5.74) is 0. The number of esters is 2. The summed E-state index contributed by atoms with van der Waals surface area (Å²) in [6.45, 7) is 4.30. The normalized spacial score (nSPS) is 13.3. The van der Waals surface area contributed by atoms with E-state index >= 15 is 0 Å². The summed E-state index contributed by atoms with van der Waals surface area (Å²) < 4.78 is 34.3. The first-order valence-corrected chi connectivity index (χ1v) is 35.0. The molecule has 0 saturated carbocycles. The second kappa shape index (κ2) is 59.1. The van der Waals surface area contributed by atoms with Crippen LogP contribution in [0.2, 0.25) is 0 Å². The Kier molecular flexibility index (Phi) is 58.0. The maximum atomic E-state index is 12.8. The fourth-order valence-corrected chi connectivity index (χ4v) is 10.8. The third-order valence-corrected chi connectivity index (χ3v) is 16.2. The SMILES string of the molecule is CCCCCCC/C=C\C/C=C\CCCCCCCCCCCCCCCCCCCCCCCC(=O)OC(COC(=O)CCCCCCCCCCCCCCCCCCCCCC)COP(=O)([O-])OCC[N+](C)(C)C. The van der Waals surface area contributed by atoms with E-state index in [0.29, 0.717) is 17.4 Å². The Morgan fingerprint density at radius 3 is 1.03 bits per heavy atom. The van der Waals surface area contributed by atoms with Gasteiger partial charge in [-0.2, -0.15) is 0 Å². The van der Waals surface area contributed by atoms with Crippen molar-refractivity contribution in [3.05, 3.63) is 24.3 Å². The van der Waals surface area contributed by atoms with Crippen LogP contribution in [0.15, 0.2) is 24.3 Å². The Bertz CT molecular complexity index is 1350. The van der Waals surface area contributed by atoms with Gasteiger partial charge in [-0.15, -0.1) is 0 Å². The molecule has 0 aliphatic carbocycles. The van der Waals surface area contributed by atoms with E-state index in [1.54, 1.807) is 0 Å². The van der Waals surface area contributed by atoms with Crippen molar-refractivity contribution in [2.45, 2.75) is 347 Å². The van der Waals surface area contributed by atoms with Crippen LogP contribution in [0.4, 0.5) is 0 Å². The zero-order valence-corrected chi connectivity index (χ0v) is 52.8. The number of quaternary nitrogens is 1. The smallest absolute Gasteiger partial charge is 0.306 e. The van der Waals surface area contributed by atoms with Crippen molar-refractivity contribution in [1.29, 1.82) is 0 Å². The quantitative estimate of drug-likeness (QED) is 0.0195. The molecule has 0 fully saturated rings. The maximum absolute atomic E-state index is 12.8. The molecule has 456 valence electrons. The van der Waals surface area contributed by atoms with E-state index in [0.717, 1.165) is 38.5 Å². The summed E-state index contributed by atoms with van der Waals surface area (Å²) >= 11 is 0. The van der Waals surface area contributed by atoms with Gasteiger partial charge in [-0.05, 0) is 44.9 Å². The fourth-order valence-electron chi connectivity index (χ4n) is 10.0. The number of hydrogen-bond donors (Lipinski definition) is 0. The predicted molar refractivity (Wildman–Crippen MR) is 328 cm³/mol. The van der Waals surface area contributed by atoms with Gasteiger partial charge < -0.3 is 27.9 Å². The lowest BCUT2D eigenvalue weighted by Crippen LogP contribution is -2.37. The Morgan fingerprint density at radius 1 is 0.403 bits per heavy atom. The molecular formula is C67H130NO8P. The van der Waals surface area contributed by atoms with E-state index in [1.165, 1.54) is 270 Å². The Hall–Kier alpha value is -1.51. The van der Waals surface area contributed by atoms with E-state index in [1.807, 2.05) is 21.1 Å². The molecule has 2 atom stereocenters. The largest absolute Gasteiger partial charge is 0.756 e.